The van der Waals surface area contributed by atoms with Gasteiger partial charge in [0.15, 0.2) is 0 Å². The van der Waals surface area contributed by atoms with Gasteiger partial charge in [0.05, 0.1) is 5.41 Å². The number of hydrogen-bond donors (Lipinski definition) is 1. The second-order valence-electron chi connectivity index (χ2n) is 3.67. The normalized spacial score (nSPS) is 17.1. The molecule has 1 aliphatic rings. The van der Waals surface area contributed by atoms with Crippen LogP contribution in [0.25, 0.3) is 0 Å². The molecule has 0 spiro atoms. The van der Waals surface area contributed by atoms with Crippen LogP contribution in [0.4, 0.5) is 4.39 Å². The maximum atomic E-state index is 11.8. The topological polar surface area (TPSA) is 46.5 Å². The minimum atomic E-state index is -0.872. The van der Waals surface area contributed by atoms with Crippen LogP contribution in [0.15, 0.2) is 24.3 Å². The van der Waals surface area contributed by atoms with Gasteiger partial charge in [-0.2, -0.15) is 0 Å². The molecule has 0 aromatic heterocycles. The highest BCUT2D eigenvalue weighted by Crippen LogP contribution is 2.48. The summed E-state index contributed by atoms with van der Waals surface area (Å²) in [5, 5.41) is 9.04. The number of carboxylic acid groups (broad SMARTS) is 1. The molecular weight excluding hydrogens is 199 g/mol. The lowest BCUT2D eigenvalue weighted by Gasteiger charge is -2.10. The Labute approximate surface area is 86.5 Å². The molecule has 0 heterocycles. The molecule has 0 unspecified atom stereocenters. The Bertz CT molecular complexity index is 368. The van der Waals surface area contributed by atoms with E-state index in [-0.39, 0.29) is 0 Å². The zero-order valence-corrected chi connectivity index (χ0v) is 8.07. The Kier molecular flexibility index (Phi) is 2.34. The van der Waals surface area contributed by atoms with Crippen LogP contribution < -0.4 is 4.74 Å². The van der Waals surface area contributed by atoms with Crippen molar-refractivity contribution in [1.29, 1.82) is 0 Å². The van der Waals surface area contributed by atoms with E-state index >= 15 is 0 Å². The first-order valence-electron chi connectivity index (χ1n) is 4.72. The monoisotopic (exact) mass is 210 g/mol. The van der Waals surface area contributed by atoms with Gasteiger partial charge in [0.25, 0.3) is 0 Å². The first-order valence-corrected chi connectivity index (χ1v) is 4.72. The van der Waals surface area contributed by atoms with E-state index in [1.165, 1.54) is 0 Å². The van der Waals surface area contributed by atoms with Crippen molar-refractivity contribution in [3.63, 3.8) is 0 Å². The number of halogens is 1. The first kappa shape index (κ1) is 9.96. The molecule has 1 N–H and O–H groups in total. The molecular formula is C11H11FO3. The summed E-state index contributed by atoms with van der Waals surface area (Å²) in [4.78, 5) is 11.0. The van der Waals surface area contributed by atoms with Crippen molar-refractivity contribution in [1.82, 2.24) is 0 Å². The van der Waals surface area contributed by atoms with Crippen LogP contribution in [-0.4, -0.2) is 17.9 Å². The van der Waals surface area contributed by atoms with Crippen LogP contribution in [0.2, 0.25) is 0 Å². The van der Waals surface area contributed by atoms with Crippen LogP contribution in [0.1, 0.15) is 18.4 Å². The van der Waals surface area contributed by atoms with E-state index in [9.17, 15) is 9.18 Å². The van der Waals surface area contributed by atoms with Gasteiger partial charge in [-0.15, -0.1) is 0 Å². The molecule has 1 aromatic carbocycles. The summed E-state index contributed by atoms with van der Waals surface area (Å²) >= 11 is 0. The smallest absolute Gasteiger partial charge is 0.314 e. The number of alkyl halides is 1. The Morgan fingerprint density at radius 2 is 2.00 bits per heavy atom. The van der Waals surface area contributed by atoms with E-state index in [0.717, 1.165) is 5.56 Å². The molecule has 80 valence electrons. The number of carboxylic acids is 1. The number of benzene rings is 1. The maximum Gasteiger partial charge on any atom is 0.314 e. The van der Waals surface area contributed by atoms with Crippen molar-refractivity contribution >= 4 is 5.97 Å². The van der Waals surface area contributed by atoms with Gasteiger partial charge in [-0.3, -0.25) is 4.79 Å². The lowest BCUT2D eigenvalue weighted by molar-refractivity contribution is -0.140. The molecule has 1 saturated carbocycles. The molecule has 2 rings (SSSR count). The van der Waals surface area contributed by atoms with Crippen LogP contribution in [0, 0.1) is 0 Å². The van der Waals surface area contributed by atoms with Gasteiger partial charge < -0.3 is 9.84 Å². The predicted molar refractivity (Wildman–Crippen MR) is 51.6 cm³/mol. The van der Waals surface area contributed by atoms with Gasteiger partial charge in [-0.05, 0) is 30.5 Å². The molecule has 0 saturated heterocycles. The molecule has 0 aliphatic heterocycles. The van der Waals surface area contributed by atoms with Crippen LogP contribution in [0.5, 0.6) is 5.75 Å². The molecule has 1 fully saturated rings. The summed E-state index contributed by atoms with van der Waals surface area (Å²) in [6, 6.07) is 6.56. The lowest BCUT2D eigenvalue weighted by Crippen LogP contribution is -2.19. The highest BCUT2D eigenvalue weighted by molar-refractivity contribution is 5.84. The van der Waals surface area contributed by atoms with Gasteiger partial charge in [0, 0.05) is 0 Å². The largest absolute Gasteiger partial charge is 0.481 e. The maximum absolute atomic E-state index is 11.8. The summed E-state index contributed by atoms with van der Waals surface area (Å²) in [5.74, 6) is -0.371. The quantitative estimate of drug-likeness (QED) is 0.827. The molecule has 4 heteroatoms. The number of hydrogen-bond acceptors (Lipinski definition) is 2. The van der Waals surface area contributed by atoms with Crippen molar-refractivity contribution < 1.29 is 19.0 Å². The fraction of sp³-hybridized carbons (Fsp3) is 0.364. The summed E-state index contributed by atoms with van der Waals surface area (Å²) in [6.07, 6.45) is 1.34. The Morgan fingerprint density at radius 3 is 2.40 bits per heavy atom. The van der Waals surface area contributed by atoms with E-state index in [1.807, 2.05) is 0 Å². The fourth-order valence-electron chi connectivity index (χ4n) is 1.68. The minimum absolute atomic E-state index is 0.419. The molecule has 1 aromatic rings. The van der Waals surface area contributed by atoms with E-state index < -0.39 is 18.2 Å². The van der Waals surface area contributed by atoms with Gasteiger partial charge in [-0.1, -0.05) is 12.1 Å². The third-order valence-electron chi connectivity index (χ3n) is 2.79. The Hall–Kier alpha value is -1.58. The zero-order valence-electron chi connectivity index (χ0n) is 8.07. The zero-order chi connectivity index (χ0) is 10.9. The fourth-order valence-corrected chi connectivity index (χ4v) is 1.68. The molecule has 0 bridgehead atoms. The van der Waals surface area contributed by atoms with Gasteiger partial charge in [0.2, 0.25) is 6.86 Å². The molecule has 3 nitrogen and oxygen atoms in total. The van der Waals surface area contributed by atoms with Crippen LogP contribution >= 0.6 is 0 Å². The summed E-state index contributed by atoms with van der Waals surface area (Å²) in [5.41, 5.74) is 0.0649. The van der Waals surface area contributed by atoms with Crippen molar-refractivity contribution in [2.45, 2.75) is 18.3 Å². The van der Waals surface area contributed by atoms with Crippen LogP contribution in [-0.2, 0) is 10.2 Å². The highest BCUT2D eigenvalue weighted by atomic mass is 19.1. The number of ether oxygens (including phenoxy) is 1. The summed E-state index contributed by atoms with van der Waals surface area (Å²) in [6.45, 7) is -0.872. The molecule has 1 aliphatic carbocycles. The summed E-state index contributed by atoms with van der Waals surface area (Å²) in [7, 11) is 0. The van der Waals surface area contributed by atoms with Crippen molar-refractivity contribution in [2.75, 3.05) is 6.86 Å². The Morgan fingerprint density at radius 1 is 1.40 bits per heavy atom. The van der Waals surface area contributed by atoms with Gasteiger partial charge >= 0.3 is 5.97 Å². The van der Waals surface area contributed by atoms with Crippen molar-refractivity contribution in [3.05, 3.63) is 29.8 Å². The molecule has 15 heavy (non-hydrogen) atoms. The standard InChI is InChI=1S/C11H11FO3/c12-7-15-9-3-1-8(2-4-9)11(5-6-11)10(13)14/h1-4H,5-7H2,(H,13,14). The third-order valence-corrected chi connectivity index (χ3v) is 2.79. The SMILES string of the molecule is O=C(O)C1(c2ccc(OCF)cc2)CC1. The Balaban J connectivity index is 2.20. The van der Waals surface area contributed by atoms with E-state index in [0.29, 0.717) is 18.6 Å². The average Bonchev–Trinajstić information content (AvgIpc) is 3.00. The third kappa shape index (κ3) is 1.67. The second kappa shape index (κ2) is 3.53. The molecule has 0 radical (unpaired) electrons. The molecule has 0 atom stereocenters. The van der Waals surface area contributed by atoms with Crippen molar-refractivity contribution in [3.8, 4) is 5.75 Å². The van der Waals surface area contributed by atoms with Gasteiger partial charge in [-0.25, -0.2) is 4.39 Å². The molecule has 0 amide bonds. The van der Waals surface area contributed by atoms with E-state index in [4.69, 9.17) is 5.11 Å². The number of rotatable bonds is 4. The predicted octanol–water partition coefficient (Wildman–Crippen LogP) is 2.11. The van der Waals surface area contributed by atoms with E-state index in [1.54, 1.807) is 24.3 Å². The van der Waals surface area contributed by atoms with Crippen molar-refractivity contribution in [2.24, 2.45) is 0 Å². The highest BCUT2D eigenvalue weighted by Gasteiger charge is 2.51. The number of carbonyl (C=O) groups is 1. The number of aliphatic carboxylic acids is 1. The lowest BCUT2D eigenvalue weighted by atomic mass is 9.96. The first-order chi connectivity index (χ1) is 7.19. The summed E-state index contributed by atoms with van der Waals surface area (Å²) < 4.78 is 16.5. The minimum Gasteiger partial charge on any atom is -0.481 e. The van der Waals surface area contributed by atoms with E-state index in [2.05, 4.69) is 4.74 Å². The second-order valence-corrected chi connectivity index (χ2v) is 3.67. The van der Waals surface area contributed by atoms with Crippen LogP contribution in [0.3, 0.4) is 0 Å². The average molecular weight is 210 g/mol. The van der Waals surface area contributed by atoms with Gasteiger partial charge in [0.1, 0.15) is 5.75 Å².